The molecule has 1 aliphatic rings. The van der Waals surface area contributed by atoms with Crippen LogP contribution < -0.4 is 5.32 Å². The van der Waals surface area contributed by atoms with Crippen LogP contribution in [0.25, 0.3) is 16.2 Å². The first-order chi connectivity index (χ1) is 14.8. The van der Waals surface area contributed by atoms with E-state index in [0.29, 0.717) is 35.6 Å². The zero-order chi connectivity index (χ0) is 22.0. The Kier molecular flexibility index (Phi) is 6.47. The maximum atomic E-state index is 13.7. The molecule has 3 aromatic rings. The van der Waals surface area contributed by atoms with Gasteiger partial charge in [-0.05, 0) is 30.5 Å². The van der Waals surface area contributed by atoms with Gasteiger partial charge in [0.15, 0.2) is 17.0 Å². The van der Waals surface area contributed by atoms with Crippen molar-refractivity contribution in [2.75, 3.05) is 39.4 Å². The Morgan fingerprint density at radius 1 is 1.32 bits per heavy atom. The van der Waals surface area contributed by atoms with Gasteiger partial charge in [-0.25, -0.2) is 9.50 Å². The number of aromatic nitrogens is 3. The van der Waals surface area contributed by atoms with Gasteiger partial charge < -0.3 is 10.1 Å². The molecular weight excluding hydrogens is 455 g/mol. The summed E-state index contributed by atoms with van der Waals surface area (Å²) in [7, 11) is 0. The number of hydrogen-bond donors (Lipinski definition) is 1. The zero-order valence-corrected chi connectivity index (χ0v) is 17.9. The summed E-state index contributed by atoms with van der Waals surface area (Å²) in [5, 5.41) is 8.04. The molecule has 7 nitrogen and oxygen atoms in total. The lowest BCUT2D eigenvalue weighted by atomic mass is 10.2. The number of alkyl halides is 3. The highest BCUT2D eigenvalue weighted by molar-refractivity contribution is 7.13. The number of amides is 1. The SMILES string of the molecule is O=C(NCCCN1CCOCC1)c1nn2c(C(F)(F)F)cc(-c3cccs3)nc2c1Cl. The van der Waals surface area contributed by atoms with Crippen molar-refractivity contribution in [1.29, 1.82) is 0 Å². The Morgan fingerprint density at radius 2 is 2.10 bits per heavy atom. The first-order valence-corrected chi connectivity index (χ1v) is 10.9. The quantitative estimate of drug-likeness (QED) is 0.554. The molecule has 0 unspecified atom stereocenters. The molecule has 0 atom stereocenters. The van der Waals surface area contributed by atoms with Gasteiger partial charge in [-0.3, -0.25) is 9.69 Å². The molecule has 4 rings (SSSR count). The van der Waals surface area contributed by atoms with E-state index in [9.17, 15) is 18.0 Å². The molecule has 166 valence electrons. The standard InChI is InChI=1S/C19H19ClF3N5O2S/c20-15-16(18(29)24-4-2-5-27-6-8-30-9-7-27)26-28-14(19(21,22)23)11-12(25-17(15)28)13-3-1-10-31-13/h1,3,10-11H,2,4-9H2,(H,24,29). The van der Waals surface area contributed by atoms with Crippen LogP contribution in [0, 0.1) is 0 Å². The average Bonchev–Trinajstić information content (AvgIpc) is 3.39. The Balaban J connectivity index is 1.55. The molecule has 31 heavy (non-hydrogen) atoms. The fourth-order valence-corrected chi connectivity index (χ4v) is 4.23. The Bertz CT molecular complexity index is 1060. The third kappa shape index (κ3) is 4.84. The summed E-state index contributed by atoms with van der Waals surface area (Å²) in [6, 6.07) is 4.29. The Morgan fingerprint density at radius 3 is 2.77 bits per heavy atom. The van der Waals surface area contributed by atoms with Crippen LogP contribution >= 0.6 is 22.9 Å². The number of fused-ring (bicyclic) bond motifs is 1. The number of nitrogens with one attached hydrogen (secondary N) is 1. The third-order valence-electron chi connectivity index (χ3n) is 4.85. The molecule has 0 aliphatic carbocycles. The molecular formula is C19H19ClF3N5O2S. The van der Waals surface area contributed by atoms with Gasteiger partial charge in [0.1, 0.15) is 5.02 Å². The molecule has 1 saturated heterocycles. The summed E-state index contributed by atoms with van der Waals surface area (Å²) in [4.78, 5) is 19.6. The molecule has 1 aliphatic heterocycles. The summed E-state index contributed by atoms with van der Waals surface area (Å²) in [6.07, 6.45) is -4.01. The topological polar surface area (TPSA) is 71.8 Å². The van der Waals surface area contributed by atoms with Crippen LogP contribution in [-0.2, 0) is 10.9 Å². The minimum Gasteiger partial charge on any atom is -0.379 e. The number of halogens is 4. The molecule has 1 amide bonds. The fraction of sp³-hybridized carbons (Fsp3) is 0.421. The lowest BCUT2D eigenvalue weighted by Gasteiger charge is -2.26. The maximum Gasteiger partial charge on any atom is 0.433 e. The van der Waals surface area contributed by atoms with Gasteiger partial charge in [0, 0.05) is 19.6 Å². The second-order valence-electron chi connectivity index (χ2n) is 6.96. The number of carbonyl (C=O) groups is 1. The molecule has 0 saturated carbocycles. The molecule has 0 aromatic carbocycles. The van der Waals surface area contributed by atoms with Crippen LogP contribution in [0.2, 0.25) is 5.02 Å². The first kappa shape index (κ1) is 22.0. The van der Waals surface area contributed by atoms with Crippen LogP contribution in [0.15, 0.2) is 23.6 Å². The van der Waals surface area contributed by atoms with Crippen LogP contribution in [0.1, 0.15) is 22.6 Å². The van der Waals surface area contributed by atoms with E-state index >= 15 is 0 Å². The third-order valence-corrected chi connectivity index (χ3v) is 6.09. The summed E-state index contributed by atoms with van der Waals surface area (Å²) in [6.45, 7) is 4.18. The van der Waals surface area contributed by atoms with Crippen molar-refractivity contribution in [2.24, 2.45) is 0 Å². The van der Waals surface area contributed by atoms with E-state index in [1.165, 1.54) is 11.3 Å². The monoisotopic (exact) mass is 473 g/mol. The Labute approximate surface area is 184 Å². The van der Waals surface area contributed by atoms with E-state index in [0.717, 1.165) is 25.7 Å². The number of hydrogen-bond acceptors (Lipinski definition) is 6. The second-order valence-corrected chi connectivity index (χ2v) is 8.29. The Hall–Kier alpha value is -2.21. The van der Waals surface area contributed by atoms with Crippen molar-refractivity contribution >= 4 is 34.5 Å². The summed E-state index contributed by atoms with van der Waals surface area (Å²) in [5.74, 6) is -0.636. The van der Waals surface area contributed by atoms with E-state index in [1.54, 1.807) is 17.5 Å². The lowest BCUT2D eigenvalue weighted by molar-refractivity contribution is -0.142. The van der Waals surface area contributed by atoms with Crippen molar-refractivity contribution in [3.8, 4) is 10.6 Å². The molecule has 1 N–H and O–H groups in total. The van der Waals surface area contributed by atoms with Crippen molar-refractivity contribution in [3.05, 3.63) is 40.0 Å². The van der Waals surface area contributed by atoms with Crippen LogP contribution in [0.3, 0.4) is 0 Å². The maximum absolute atomic E-state index is 13.7. The second kappa shape index (κ2) is 9.11. The van der Waals surface area contributed by atoms with Gasteiger partial charge >= 0.3 is 6.18 Å². The van der Waals surface area contributed by atoms with Gasteiger partial charge in [0.25, 0.3) is 5.91 Å². The predicted molar refractivity (Wildman–Crippen MR) is 111 cm³/mol. The van der Waals surface area contributed by atoms with Crippen LogP contribution in [0.5, 0.6) is 0 Å². The van der Waals surface area contributed by atoms with Gasteiger partial charge in [-0.2, -0.15) is 18.3 Å². The van der Waals surface area contributed by atoms with Gasteiger partial charge in [0.05, 0.1) is 23.8 Å². The molecule has 0 bridgehead atoms. The first-order valence-electron chi connectivity index (χ1n) is 9.63. The number of rotatable bonds is 6. The minimum absolute atomic E-state index is 0.120. The molecule has 0 spiro atoms. The van der Waals surface area contributed by atoms with Crippen LogP contribution in [-0.4, -0.2) is 64.8 Å². The van der Waals surface area contributed by atoms with Crippen molar-refractivity contribution in [3.63, 3.8) is 0 Å². The zero-order valence-electron chi connectivity index (χ0n) is 16.3. The van der Waals surface area contributed by atoms with E-state index in [4.69, 9.17) is 16.3 Å². The molecule has 12 heteroatoms. The fourth-order valence-electron chi connectivity index (χ4n) is 3.30. The highest BCUT2D eigenvalue weighted by Crippen LogP contribution is 2.35. The van der Waals surface area contributed by atoms with E-state index in [1.807, 2.05) is 0 Å². The summed E-state index contributed by atoms with van der Waals surface area (Å²) in [5.41, 5.74) is -1.42. The highest BCUT2D eigenvalue weighted by Gasteiger charge is 2.36. The summed E-state index contributed by atoms with van der Waals surface area (Å²) < 4.78 is 46.9. The van der Waals surface area contributed by atoms with Gasteiger partial charge in [-0.1, -0.05) is 17.7 Å². The smallest absolute Gasteiger partial charge is 0.379 e. The van der Waals surface area contributed by atoms with Crippen molar-refractivity contribution in [1.82, 2.24) is 24.8 Å². The average molecular weight is 474 g/mol. The van der Waals surface area contributed by atoms with Crippen molar-refractivity contribution in [2.45, 2.75) is 12.6 Å². The van der Waals surface area contributed by atoms with E-state index in [-0.39, 0.29) is 22.1 Å². The number of nitrogens with zero attached hydrogens (tertiary/aromatic N) is 4. The number of carbonyl (C=O) groups excluding carboxylic acids is 1. The normalized spacial score (nSPS) is 15.5. The van der Waals surface area contributed by atoms with Gasteiger partial charge in [0.2, 0.25) is 0 Å². The summed E-state index contributed by atoms with van der Waals surface area (Å²) >= 11 is 7.50. The number of ether oxygens (including phenoxy) is 1. The predicted octanol–water partition coefficient (Wildman–Crippen LogP) is 3.58. The highest BCUT2D eigenvalue weighted by atomic mass is 35.5. The van der Waals surface area contributed by atoms with Gasteiger partial charge in [-0.15, -0.1) is 11.3 Å². The van der Waals surface area contributed by atoms with E-state index < -0.39 is 17.8 Å². The molecule has 1 fully saturated rings. The number of thiophene rings is 1. The van der Waals surface area contributed by atoms with Crippen LogP contribution in [0.4, 0.5) is 13.2 Å². The number of morpholine rings is 1. The lowest BCUT2D eigenvalue weighted by Crippen LogP contribution is -2.38. The molecule has 4 heterocycles. The van der Waals surface area contributed by atoms with Crippen molar-refractivity contribution < 1.29 is 22.7 Å². The molecule has 3 aromatic heterocycles. The largest absolute Gasteiger partial charge is 0.433 e. The minimum atomic E-state index is -4.70. The molecule has 0 radical (unpaired) electrons. The van der Waals surface area contributed by atoms with E-state index in [2.05, 4.69) is 20.3 Å².